The van der Waals surface area contributed by atoms with E-state index in [1.54, 1.807) is 30.3 Å². The number of hydrogen-bond acceptors (Lipinski definition) is 5. The number of nitrogens with zero attached hydrogens (tertiary/aromatic N) is 1. The lowest BCUT2D eigenvalue weighted by molar-refractivity contribution is 0.0690. The quantitative estimate of drug-likeness (QED) is 0.417. The number of carbonyl (C=O) groups is 1. The van der Waals surface area contributed by atoms with E-state index in [1.807, 2.05) is 0 Å². The fraction of sp³-hybridized carbons (Fsp3) is 0.0400. The summed E-state index contributed by atoms with van der Waals surface area (Å²) in [7, 11) is -2.57. The summed E-state index contributed by atoms with van der Waals surface area (Å²) < 4.78 is 48.3. The van der Waals surface area contributed by atoms with E-state index in [1.165, 1.54) is 37.6 Å². The van der Waals surface area contributed by atoms with Gasteiger partial charge in [-0.2, -0.15) is 0 Å². The van der Waals surface area contributed by atoms with Crippen molar-refractivity contribution in [3.05, 3.63) is 95.6 Å². The highest BCUT2D eigenvalue weighted by Gasteiger charge is 2.20. The molecule has 0 spiro atoms. The molecule has 0 unspecified atom stereocenters. The number of methoxy groups -OCH3 is 1. The third kappa shape index (κ3) is 4.67. The molecule has 2 N–H and O–H groups in total. The van der Waals surface area contributed by atoms with Crippen LogP contribution in [-0.4, -0.2) is 31.6 Å². The Morgan fingerprint density at radius 2 is 1.79 bits per heavy atom. The first kappa shape index (κ1) is 22.8. The van der Waals surface area contributed by atoms with Crippen LogP contribution in [0.5, 0.6) is 5.75 Å². The van der Waals surface area contributed by atoms with Crippen molar-refractivity contribution in [1.82, 2.24) is 4.98 Å². The van der Waals surface area contributed by atoms with Crippen LogP contribution in [0.1, 0.15) is 21.6 Å². The van der Waals surface area contributed by atoms with Crippen molar-refractivity contribution in [2.75, 3.05) is 11.8 Å². The first-order chi connectivity index (χ1) is 16.3. The number of aromatic nitrogens is 1. The number of ether oxygens (including phenoxy) is 1. The number of benzene rings is 3. The number of aromatic carboxylic acids is 1. The minimum Gasteiger partial charge on any atom is -0.496 e. The largest absolute Gasteiger partial charge is 0.496 e. The van der Waals surface area contributed by atoms with Gasteiger partial charge in [0.2, 0.25) is 0 Å². The van der Waals surface area contributed by atoms with Gasteiger partial charge in [0.25, 0.3) is 10.0 Å². The molecule has 0 amide bonds. The molecule has 0 fully saturated rings. The highest BCUT2D eigenvalue weighted by atomic mass is 32.2. The van der Waals surface area contributed by atoms with E-state index < -0.39 is 21.8 Å². The lowest BCUT2D eigenvalue weighted by Crippen LogP contribution is -2.14. The fourth-order valence-corrected chi connectivity index (χ4v) is 4.59. The number of carboxylic acid groups (broad SMARTS) is 1. The SMILES string of the molecule is COc1ccc(S(=O)(=O)Nc2ccc(F)cc2C#Cc2ccc(C(=O)O)nc2)c2ccccc12. The van der Waals surface area contributed by atoms with Gasteiger partial charge in [0.05, 0.1) is 23.3 Å². The van der Waals surface area contributed by atoms with Crippen molar-refractivity contribution in [1.29, 1.82) is 0 Å². The Morgan fingerprint density at radius 3 is 2.47 bits per heavy atom. The van der Waals surface area contributed by atoms with Gasteiger partial charge >= 0.3 is 5.97 Å². The maximum absolute atomic E-state index is 13.9. The van der Waals surface area contributed by atoms with Gasteiger partial charge in [-0.25, -0.2) is 22.6 Å². The zero-order valence-corrected chi connectivity index (χ0v) is 18.6. The first-order valence-electron chi connectivity index (χ1n) is 9.88. The molecule has 0 aliphatic heterocycles. The molecule has 3 aromatic carbocycles. The molecule has 0 aliphatic carbocycles. The van der Waals surface area contributed by atoms with Crippen LogP contribution in [0.4, 0.5) is 10.1 Å². The molecule has 0 aliphatic rings. The number of carboxylic acids is 1. The second-order valence-electron chi connectivity index (χ2n) is 7.09. The minimum atomic E-state index is -4.07. The van der Waals surface area contributed by atoms with Crippen molar-refractivity contribution >= 4 is 32.5 Å². The molecule has 0 saturated heterocycles. The minimum absolute atomic E-state index is 0.0283. The number of fused-ring (bicyclic) bond motifs is 1. The molecule has 1 heterocycles. The fourth-order valence-electron chi connectivity index (χ4n) is 3.30. The zero-order valence-electron chi connectivity index (χ0n) is 17.7. The summed E-state index contributed by atoms with van der Waals surface area (Å²) in [6, 6.07) is 16.2. The Balaban J connectivity index is 1.72. The zero-order chi connectivity index (χ0) is 24.3. The topological polar surface area (TPSA) is 106 Å². The molecule has 0 bridgehead atoms. The van der Waals surface area contributed by atoms with Crippen LogP contribution in [0.15, 0.2) is 77.8 Å². The Kier molecular flexibility index (Phi) is 6.17. The lowest BCUT2D eigenvalue weighted by atomic mass is 10.1. The highest BCUT2D eigenvalue weighted by molar-refractivity contribution is 7.93. The van der Waals surface area contributed by atoms with Gasteiger partial charge in [0, 0.05) is 22.5 Å². The molecule has 34 heavy (non-hydrogen) atoms. The van der Waals surface area contributed by atoms with Gasteiger partial charge in [0.15, 0.2) is 0 Å². The molecule has 0 saturated carbocycles. The summed E-state index contributed by atoms with van der Waals surface area (Å²) in [5.41, 5.74) is 0.424. The Bertz CT molecular complexity index is 1570. The summed E-state index contributed by atoms with van der Waals surface area (Å²) in [5.74, 6) is 4.23. The summed E-state index contributed by atoms with van der Waals surface area (Å²) in [5, 5.41) is 10.0. The number of rotatable bonds is 5. The second kappa shape index (κ2) is 9.21. The Hall–Kier alpha value is -4.42. The van der Waals surface area contributed by atoms with Crippen LogP contribution in [0.2, 0.25) is 0 Å². The summed E-state index contributed by atoms with van der Waals surface area (Å²) >= 11 is 0. The van der Waals surface area contributed by atoms with Crippen molar-refractivity contribution in [2.24, 2.45) is 0 Å². The molecule has 170 valence electrons. The van der Waals surface area contributed by atoms with E-state index >= 15 is 0 Å². The average molecular weight is 476 g/mol. The van der Waals surface area contributed by atoms with Crippen LogP contribution in [0.3, 0.4) is 0 Å². The molecule has 7 nitrogen and oxygen atoms in total. The molecular weight excluding hydrogens is 459 g/mol. The van der Waals surface area contributed by atoms with Gasteiger partial charge in [-0.1, -0.05) is 36.1 Å². The average Bonchev–Trinajstić information content (AvgIpc) is 2.83. The van der Waals surface area contributed by atoms with Crippen LogP contribution in [-0.2, 0) is 10.0 Å². The van der Waals surface area contributed by atoms with Crippen molar-refractivity contribution < 1.29 is 27.4 Å². The smallest absolute Gasteiger partial charge is 0.354 e. The lowest BCUT2D eigenvalue weighted by Gasteiger charge is -2.13. The van der Waals surface area contributed by atoms with E-state index in [0.29, 0.717) is 22.1 Å². The van der Waals surface area contributed by atoms with E-state index in [-0.39, 0.29) is 21.8 Å². The molecular formula is C25H17FN2O5S. The van der Waals surface area contributed by atoms with Crippen molar-refractivity contribution in [3.63, 3.8) is 0 Å². The van der Waals surface area contributed by atoms with E-state index in [2.05, 4.69) is 21.5 Å². The maximum atomic E-state index is 13.9. The van der Waals surface area contributed by atoms with Gasteiger partial charge < -0.3 is 9.84 Å². The third-order valence-electron chi connectivity index (χ3n) is 4.90. The molecule has 0 radical (unpaired) electrons. The normalized spacial score (nSPS) is 10.9. The molecule has 1 aromatic heterocycles. The molecule has 4 rings (SSSR count). The Morgan fingerprint density at radius 1 is 1.03 bits per heavy atom. The Labute approximate surface area is 194 Å². The summed E-state index contributed by atoms with van der Waals surface area (Å²) in [6.45, 7) is 0. The predicted octanol–water partition coefficient (Wildman–Crippen LogP) is 4.28. The maximum Gasteiger partial charge on any atom is 0.354 e. The van der Waals surface area contributed by atoms with Crippen LogP contribution in [0.25, 0.3) is 10.8 Å². The number of anilines is 1. The van der Waals surface area contributed by atoms with Gasteiger partial charge in [-0.3, -0.25) is 4.72 Å². The third-order valence-corrected chi connectivity index (χ3v) is 6.33. The van der Waals surface area contributed by atoms with E-state index in [4.69, 9.17) is 9.84 Å². The number of sulfonamides is 1. The number of hydrogen-bond donors (Lipinski definition) is 2. The summed E-state index contributed by atoms with van der Waals surface area (Å²) in [6.07, 6.45) is 1.27. The van der Waals surface area contributed by atoms with E-state index in [9.17, 15) is 17.6 Å². The van der Waals surface area contributed by atoms with Crippen LogP contribution in [0, 0.1) is 17.7 Å². The molecule has 4 aromatic rings. The molecule has 0 atom stereocenters. The number of pyridine rings is 1. The van der Waals surface area contributed by atoms with Crippen molar-refractivity contribution in [2.45, 2.75) is 4.90 Å². The van der Waals surface area contributed by atoms with Gasteiger partial charge in [-0.15, -0.1) is 0 Å². The molecule has 9 heteroatoms. The monoisotopic (exact) mass is 476 g/mol. The van der Waals surface area contributed by atoms with E-state index in [0.717, 1.165) is 12.1 Å². The number of halogens is 1. The first-order valence-corrected chi connectivity index (χ1v) is 11.4. The highest BCUT2D eigenvalue weighted by Crippen LogP contribution is 2.32. The predicted molar refractivity (Wildman–Crippen MR) is 125 cm³/mol. The van der Waals surface area contributed by atoms with Crippen LogP contribution < -0.4 is 9.46 Å². The number of nitrogens with one attached hydrogen (secondary N) is 1. The standard InChI is InChI=1S/C25H17FN2O5S/c1-33-23-12-13-24(20-5-3-2-4-19(20)23)34(31,32)28-21-11-9-18(26)14-17(21)8-6-16-7-10-22(25(29)30)27-15-16/h2-5,7,9-15,28H,1H3,(H,29,30). The van der Waals surface area contributed by atoms with Gasteiger partial charge in [-0.05, 0) is 42.5 Å². The van der Waals surface area contributed by atoms with Crippen LogP contribution >= 0.6 is 0 Å². The van der Waals surface area contributed by atoms with Crippen molar-refractivity contribution in [3.8, 4) is 17.6 Å². The van der Waals surface area contributed by atoms with Gasteiger partial charge in [0.1, 0.15) is 17.3 Å². The second-order valence-corrected chi connectivity index (χ2v) is 8.75. The summed E-state index contributed by atoms with van der Waals surface area (Å²) in [4.78, 5) is 14.7.